The van der Waals surface area contributed by atoms with Crippen LogP contribution in [0, 0.1) is 5.92 Å². The largest absolute Gasteiger partial charge is 0.469 e. The van der Waals surface area contributed by atoms with Gasteiger partial charge in [-0.25, -0.2) is 0 Å². The molecule has 0 saturated carbocycles. The summed E-state index contributed by atoms with van der Waals surface area (Å²) in [5.41, 5.74) is 0.830. The quantitative estimate of drug-likeness (QED) is 0.729. The first-order valence-electron chi connectivity index (χ1n) is 5.60. The van der Waals surface area contributed by atoms with Crippen molar-refractivity contribution in [3.63, 3.8) is 0 Å². The van der Waals surface area contributed by atoms with Crippen molar-refractivity contribution in [1.82, 2.24) is 0 Å². The second-order valence-corrected chi connectivity index (χ2v) is 4.17. The van der Waals surface area contributed by atoms with Gasteiger partial charge in [0.25, 0.3) is 0 Å². The van der Waals surface area contributed by atoms with E-state index in [4.69, 9.17) is 4.74 Å². The highest BCUT2D eigenvalue weighted by Gasteiger charge is 2.42. The molecule has 1 fully saturated rings. The second-order valence-electron chi connectivity index (χ2n) is 4.17. The number of para-hydroxylation sites is 1. The Kier molecular flexibility index (Phi) is 3.13. The molecule has 0 aliphatic carbocycles. The average molecular weight is 233 g/mol. The first-order valence-corrected chi connectivity index (χ1v) is 5.60. The summed E-state index contributed by atoms with van der Waals surface area (Å²) < 4.78 is 4.72. The lowest BCUT2D eigenvalue weighted by molar-refractivity contribution is -0.146. The Morgan fingerprint density at radius 3 is 2.59 bits per heavy atom. The Labute approximate surface area is 100 Å². The molecule has 17 heavy (non-hydrogen) atoms. The second kappa shape index (κ2) is 4.57. The fourth-order valence-corrected chi connectivity index (χ4v) is 2.26. The van der Waals surface area contributed by atoms with E-state index in [0.717, 1.165) is 5.69 Å². The lowest BCUT2D eigenvalue weighted by atomic mass is 10.0. The van der Waals surface area contributed by atoms with Gasteiger partial charge >= 0.3 is 5.97 Å². The van der Waals surface area contributed by atoms with E-state index in [1.165, 1.54) is 7.11 Å². The Balaban J connectivity index is 2.26. The zero-order valence-electron chi connectivity index (χ0n) is 9.92. The van der Waals surface area contributed by atoms with Gasteiger partial charge < -0.3 is 9.64 Å². The third kappa shape index (κ3) is 2.02. The Hall–Kier alpha value is -1.84. The molecule has 2 atom stereocenters. The molecule has 1 saturated heterocycles. The first-order chi connectivity index (χ1) is 8.15. The molecule has 90 valence electrons. The minimum Gasteiger partial charge on any atom is -0.469 e. The van der Waals surface area contributed by atoms with Crippen LogP contribution in [0.15, 0.2) is 30.3 Å². The SMILES string of the molecule is COC(=O)C1CC(=O)N(c2ccccc2)C1C. The third-order valence-corrected chi connectivity index (χ3v) is 3.19. The molecule has 4 heteroatoms. The normalized spacial score (nSPS) is 23.9. The molecule has 0 radical (unpaired) electrons. The van der Waals surface area contributed by atoms with Gasteiger partial charge in [-0.1, -0.05) is 18.2 Å². The van der Waals surface area contributed by atoms with Crippen LogP contribution in [-0.4, -0.2) is 25.0 Å². The summed E-state index contributed by atoms with van der Waals surface area (Å²) in [6.07, 6.45) is 0.225. The van der Waals surface area contributed by atoms with E-state index in [1.54, 1.807) is 4.90 Å². The third-order valence-electron chi connectivity index (χ3n) is 3.19. The number of nitrogens with zero attached hydrogens (tertiary/aromatic N) is 1. The summed E-state index contributed by atoms with van der Waals surface area (Å²) in [6.45, 7) is 1.87. The number of esters is 1. The molecule has 0 N–H and O–H groups in total. The lowest BCUT2D eigenvalue weighted by Gasteiger charge is -2.23. The molecular formula is C13H15NO3. The number of carbonyl (C=O) groups excluding carboxylic acids is 2. The van der Waals surface area contributed by atoms with Crippen LogP contribution >= 0.6 is 0 Å². The summed E-state index contributed by atoms with van der Waals surface area (Å²) in [7, 11) is 1.35. The van der Waals surface area contributed by atoms with Crippen LogP contribution in [0.2, 0.25) is 0 Å². The van der Waals surface area contributed by atoms with E-state index in [2.05, 4.69) is 0 Å². The molecule has 1 aliphatic rings. The molecule has 1 aliphatic heterocycles. The average Bonchev–Trinajstić information content (AvgIpc) is 2.65. The molecule has 1 aromatic rings. The molecule has 2 unspecified atom stereocenters. The highest BCUT2D eigenvalue weighted by Crippen LogP contribution is 2.31. The number of anilines is 1. The van der Waals surface area contributed by atoms with E-state index in [9.17, 15) is 9.59 Å². The molecule has 0 aromatic heterocycles. The predicted octanol–water partition coefficient (Wildman–Crippen LogP) is 1.60. The molecule has 2 rings (SSSR count). The van der Waals surface area contributed by atoms with E-state index in [1.807, 2.05) is 37.3 Å². The minimum absolute atomic E-state index is 0.0286. The van der Waals surface area contributed by atoms with Crippen LogP contribution in [0.25, 0.3) is 0 Å². The highest BCUT2D eigenvalue weighted by atomic mass is 16.5. The number of amides is 1. The van der Waals surface area contributed by atoms with Gasteiger partial charge in [0.1, 0.15) is 0 Å². The van der Waals surface area contributed by atoms with Crippen molar-refractivity contribution in [2.45, 2.75) is 19.4 Å². The van der Waals surface area contributed by atoms with Crippen molar-refractivity contribution in [2.75, 3.05) is 12.0 Å². The van der Waals surface area contributed by atoms with E-state index in [-0.39, 0.29) is 30.3 Å². The first kappa shape index (κ1) is 11.6. The minimum atomic E-state index is -0.368. The smallest absolute Gasteiger partial charge is 0.311 e. The van der Waals surface area contributed by atoms with Gasteiger partial charge in [0.2, 0.25) is 5.91 Å². The van der Waals surface area contributed by atoms with Gasteiger partial charge in [-0.2, -0.15) is 0 Å². The van der Waals surface area contributed by atoms with E-state index >= 15 is 0 Å². The number of hydrogen-bond donors (Lipinski definition) is 0. The summed E-state index contributed by atoms with van der Waals surface area (Å²) in [4.78, 5) is 25.1. The molecule has 1 heterocycles. The van der Waals surface area contributed by atoms with Crippen molar-refractivity contribution in [2.24, 2.45) is 5.92 Å². The molecule has 1 aromatic carbocycles. The van der Waals surface area contributed by atoms with Crippen molar-refractivity contribution in [1.29, 1.82) is 0 Å². The maximum absolute atomic E-state index is 11.9. The van der Waals surface area contributed by atoms with Gasteiger partial charge in [-0.05, 0) is 19.1 Å². The van der Waals surface area contributed by atoms with Crippen molar-refractivity contribution < 1.29 is 14.3 Å². The van der Waals surface area contributed by atoms with Crippen molar-refractivity contribution in [3.8, 4) is 0 Å². The molecule has 0 bridgehead atoms. The predicted molar refractivity (Wildman–Crippen MR) is 63.5 cm³/mol. The van der Waals surface area contributed by atoms with Crippen LogP contribution < -0.4 is 4.90 Å². The number of ether oxygens (including phenoxy) is 1. The Bertz CT molecular complexity index is 430. The van der Waals surface area contributed by atoms with Crippen LogP contribution in [0.1, 0.15) is 13.3 Å². The molecule has 0 spiro atoms. The Morgan fingerprint density at radius 2 is 2.00 bits per heavy atom. The van der Waals surface area contributed by atoms with Crippen LogP contribution in [0.4, 0.5) is 5.69 Å². The van der Waals surface area contributed by atoms with Crippen molar-refractivity contribution in [3.05, 3.63) is 30.3 Å². The summed E-state index contributed by atoms with van der Waals surface area (Å²) in [6, 6.07) is 9.23. The lowest BCUT2D eigenvalue weighted by Crippen LogP contribution is -2.35. The summed E-state index contributed by atoms with van der Waals surface area (Å²) in [5.74, 6) is -0.712. The van der Waals surface area contributed by atoms with Gasteiger partial charge in [0.05, 0.1) is 13.0 Å². The van der Waals surface area contributed by atoms with Gasteiger partial charge in [0.15, 0.2) is 0 Å². The van der Waals surface area contributed by atoms with E-state index in [0.29, 0.717) is 0 Å². The number of methoxy groups -OCH3 is 1. The fraction of sp³-hybridized carbons (Fsp3) is 0.385. The summed E-state index contributed by atoms with van der Waals surface area (Å²) in [5, 5.41) is 0. The highest BCUT2D eigenvalue weighted by molar-refractivity contribution is 6.00. The van der Waals surface area contributed by atoms with Crippen LogP contribution in [-0.2, 0) is 14.3 Å². The molecule has 1 amide bonds. The topological polar surface area (TPSA) is 46.6 Å². The van der Waals surface area contributed by atoms with Crippen LogP contribution in [0.5, 0.6) is 0 Å². The standard InChI is InChI=1S/C13H15NO3/c1-9-11(13(16)17-2)8-12(15)14(9)10-6-4-3-5-7-10/h3-7,9,11H,8H2,1-2H3. The maximum atomic E-state index is 11.9. The molecular weight excluding hydrogens is 218 g/mol. The number of rotatable bonds is 2. The van der Waals surface area contributed by atoms with Gasteiger partial charge in [0, 0.05) is 18.2 Å². The van der Waals surface area contributed by atoms with E-state index < -0.39 is 0 Å². The Morgan fingerprint density at radius 1 is 1.35 bits per heavy atom. The van der Waals surface area contributed by atoms with Gasteiger partial charge in [-0.15, -0.1) is 0 Å². The zero-order valence-corrected chi connectivity index (χ0v) is 9.92. The number of hydrogen-bond acceptors (Lipinski definition) is 3. The maximum Gasteiger partial charge on any atom is 0.311 e. The number of benzene rings is 1. The van der Waals surface area contributed by atoms with Gasteiger partial charge in [-0.3, -0.25) is 9.59 Å². The van der Waals surface area contributed by atoms with Crippen molar-refractivity contribution >= 4 is 17.6 Å². The monoisotopic (exact) mass is 233 g/mol. The van der Waals surface area contributed by atoms with Crippen LogP contribution in [0.3, 0.4) is 0 Å². The number of carbonyl (C=O) groups is 2. The summed E-state index contributed by atoms with van der Waals surface area (Å²) >= 11 is 0. The molecule has 4 nitrogen and oxygen atoms in total. The zero-order chi connectivity index (χ0) is 12.4. The fourth-order valence-electron chi connectivity index (χ4n) is 2.26.